The van der Waals surface area contributed by atoms with Gasteiger partial charge in [0.05, 0.1) is 17.4 Å². The summed E-state index contributed by atoms with van der Waals surface area (Å²) in [5.41, 5.74) is 2.12. The normalized spacial score (nSPS) is 9.33. The van der Waals surface area contributed by atoms with Crippen molar-refractivity contribution in [1.82, 2.24) is 19.9 Å². The standard InChI is InChI=1S/C7H6N2.C4H4N2/c1-2-4-7-6(3-1)8-5-9-7;1-2-6-4-3-5-1/h1-5H,(H,8,9);1-4H. The fraction of sp³-hybridized carbons (Fsp3) is 0. The third-order valence-electron chi connectivity index (χ3n) is 1.81. The van der Waals surface area contributed by atoms with E-state index in [9.17, 15) is 0 Å². The lowest BCUT2D eigenvalue weighted by Gasteiger charge is -1.81. The highest BCUT2D eigenvalue weighted by atomic mass is 14.9. The van der Waals surface area contributed by atoms with Crippen LogP contribution in [-0.2, 0) is 0 Å². The molecule has 2 heterocycles. The van der Waals surface area contributed by atoms with E-state index in [1.807, 2.05) is 24.3 Å². The summed E-state index contributed by atoms with van der Waals surface area (Å²) in [5, 5.41) is 0. The third kappa shape index (κ3) is 2.60. The number of H-pyrrole nitrogens is 1. The van der Waals surface area contributed by atoms with Crippen molar-refractivity contribution < 1.29 is 0 Å². The topological polar surface area (TPSA) is 54.5 Å². The van der Waals surface area contributed by atoms with Gasteiger partial charge < -0.3 is 4.98 Å². The molecule has 4 heteroatoms. The first-order valence-corrected chi connectivity index (χ1v) is 4.55. The fourth-order valence-electron chi connectivity index (χ4n) is 1.13. The van der Waals surface area contributed by atoms with Gasteiger partial charge in [-0.15, -0.1) is 0 Å². The lowest BCUT2D eigenvalue weighted by molar-refractivity contribution is 1.20. The maximum Gasteiger partial charge on any atom is 0.0931 e. The molecule has 0 aliphatic rings. The number of imidazole rings is 1. The number of rotatable bonds is 0. The Morgan fingerprint density at radius 2 is 1.53 bits per heavy atom. The Bertz CT molecular complexity index is 447. The van der Waals surface area contributed by atoms with Crippen LogP contribution < -0.4 is 0 Å². The third-order valence-corrected chi connectivity index (χ3v) is 1.81. The Kier molecular flexibility index (Phi) is 3.02. The van der Waals surface area contributed by atoms with Crippen molar-refractivity contribution in [2.24, 2.45) is 0 Å². The highest BCUT2D eigenvalue weighted by molar-refractivity contribution is 5.73. The lowest BCUT2D eigenvalue weighted by Crippen LogP contribution is -1.66. The number of aromatic nitrogens is 4. The van der Waals surface area contributed by atoms with E-state index in [0.29, 0.717) is 0 Å². The fourth-order valence-corrected chi connectivity index (χ4v) is 1.13. The van der Waals surface area contributed by atoms with Crippen LogP contribution >= 0.6 is 0 Å². The number of nitrogens with zero attached hydrogens (tertiary/aromatic N) is 3. The monoisotopic (exact) mass is 198 g/mol. The van der Waals surface area contributed by atoms with E-state index in [2.05, 4.69) is 19.9 Å². The van der Waals surface area contributed by atoms with E-state index in [0.717, 1.165) is 11.0 Å². The molecule has 3 rings (SSSR count). The number of nitrogens with one attached hydrogen (secondary N) is 1. The average molecular weight is 198 g/mol. The second-order valence-corrected chi connectivity index (χ2v) is 2.81. The van der Waals surface area contributed by atoms with Crippen molar-refractivity contribution >= 4 is 11.0 Å². The quantitative estimate of drug-likeness (QED) is 0.601. The molecule has 0 atom stereocenters. The molecule has 0 unspecified atom stereocenters. The predicted molar refractivity (Wildman–Crippen MR) is 58.1 cm³/mol. The van der Waals surface area contributed by atoms with Gasteiger partial charge in [0.2, 0.25) is 0 Å². The van der Waals surface area contributed by atoms with Gasteiger partial charge >= 0.3 is 0 Å². The first-order valence-electron chi connectivity index (χ1n) is 4.55. The molecule has 3 aromatic rings. The summed E-state index contributed by atoms with van der Waals surface area (Å²) in [7, 11) is 0. The summed E-state index contributed by atoms with van der Waals surface area (Å²) < 4.78 is 0. The van der Waals surface area contributed by atoms with Gasteiger partial charge in [-0.3, -0.25) is 9.97 Å². The second kappa shape index (κ2) is 4.85. The zero-order valence-electron chi connectivity index (χ0n) is 8.04. The second-order valence-electron chi connectivity index (χ2n) is 2.81. The molecule has 1 N–H and O–H groups in total. The van der Waals surface area contributed by atoms with Crippen molar-refractivity contribution in [2.45, 2.75) is 0 Å². The summed E-state index contributed by atoms with van der Waals surface area (Å²) in [4.78, 5) is 14.5. The van der Waals surface area contributed by atoms with E-state index in [-0.39, 0.29) is 0 Å². The predicted octanol–water partition coefficient (Wildman–Crippen LogP) is 2.04. The number of fused-ring (bicyclic) bond motifs is 1. The molecule has 0 aliphatic heterocycles. The van der Waals surface area contributed by atoms with Crippen LogP contribution in [-0.4, -0.2) is 19.9 Å². The minimum absolute atomic E-state index is 1.03. The van der Waals surface area contributed by atoms with Crippen molar-refractivity contribution in [3.05, 3.63) is 55.4 Å². The molecule has 0 spiro atoms. The van der Waals surface area contributed by atoms with Crippen molar-refractivity contribution in [3.63, 3.8) is 0 Å². The van der Waals surface area contributed by atoms with Crippen LogP contribution in [0, 0.1) is 0 Å². The summed E-state index contributed by atoms with van der Waals surface area (Å²) in [5.74, 6) is 0. The van der Waals surface area contributed by atoms with Gasteiger partial charge in [-0.25, -0.2) is 4.98 Å². The molecule has 0 aliphatic carbocycles. The Hall–Kier alpha value is -2.23. The van der Waals surface area contributed by atoms with Crippen LogP contribution in [0.15, 0.2) is 55.4 Å². The summed E-state index contributed by atoms with van der Waals surface area (Å²) in [6.45, 7) is 0. The Balaban J connectivity index is 0.000000124. The molecule has 0 amide bonds. The summed E-state index contributed by atoms with van der Waals surface area (Å²) in [6, 6.07) is 7.94. The molecule has 0 saturated heterocycles. The highest BCUT2D eigenvalue weighted by Gasteiger charge is 1.88. The molecular weight excluding hydrogens is 188 g/mol. The molecule has 74 valence electrons. The molecule has 0 radical (unpaired) electrons. The summed E-state index contributed by atoms with van der Waals surface area (Å²) >= 11 is 0. The van der Waals surface area contributed by atoms with Gasteiger partial charge in [0.25, 0.3) is 0 Å². The molecular formula is C11H10N4. The minimum Gasteiger partial charge on any atom is -0.345 e. The average Bonchev–Trinajstić information content (AvgIpc) is 2.80. The van der Waals surface area contributed by atoms with E-state index in [1.54, 1.807) is 31.1 Å². The molecule has 2 aromatic heterocycles. The van der Waals surface area contributed by atoms with Crippen molar-refractivity contribution in [2.75, 3.05) is 0 Å². The van der Waals surface area contributed by atoms with Gasteiger partial charge in [-0.05, 0) is 12.1 Å². The number of hydrogen-bond acceptors (Lipinski definition) is 3. The van der Waals surface area contributed by atoms with Crippen LogP contribution in [0.4, 0.5) is 0 Å². The van der Waals surface area contributed by atoms with Crippen LogP contribution in [0.2, 0.25) is 0 Å². The molecule has 15 heavy (non-hydrogen) atoms. The van der Waals surface area contributed by atoms with E-state index in [1.165, 1.54) is 0 Å². The van der Waals surface area contributed by atoms with Gasteiger partial charge in [0.15, 0.2) is 0 Å². The largest absolute Gasteiger partial charge is 0.345 e. The Morgan fingerprint density at radius 3 is 2.13 bits per heavy atom. The highest BCUT2D eigenvalue weighted by Crippen LogP contribution is 2.05. The SMILES string of the molecule is c1ccc2[nH]cnc2c1.c1cnccn1. The van der Waals surface area contributed by atoms with E-state index >= 15 is 0 Å². The van der Waals surface area contributed by atoms with Crippen LogP contribution in [0.25, 0.3) is 11.0 Å². The van der Waals surface area contributed by atoms with Crippen LogP contribution in [0.1, 0.15) is 0 Å². The van der Waals surface area contributed by atoms with Crippen LogP contribution in [0.3, 0.4) is 0 Å². The van der Waals surface area contributed by atoms with Gasteiger partial charge in [0, 0.05) is 24.8 Å². The molecule has 1 aromatic carbocycles. The van der Waals surface area contributed by atoms with E-state index in [4.69, 9.17) is 0 Å². The first kappa shape index (κ1) is 9.33. The minimum atomic E-state index is 1.03. The lowest BCUT2D eigenvalue weighted by atomic mass is 10.3. The maximum atomic E-state index is 4.06. The zero-order chi connectivity index (χ0) is 10.3. The number of para-hydroxylation sites is 2. The van der Waals surface area contributed by atoms with Gasteiger partial charge in [-0.1, -0.05) is 12.1 Å². The molecule has 0 fully saturated rings. The number of benzene rings is 1. The zero-order valence-corrected chi connectivity index (χ0v) is 8.04. The molecule has 0 bridgehead atoms. The van der Waals surface area contributed by atoms with Gasteiger partial charge in [0.1, 0.15) is 0 Å². The Morgan fingerprint density at radius 1 is 0.867 bits per heavy atom. The molecule has 4 nitrogen and oxygen atoms in total. The van der Waals surface area contributed by atoms with Crippen molar-refractivity contribution in [1.29, 1.82) is 0 Å². The number of hydrogen-bond donors (Lipinski definition) is 1. The van der Waals surface area contributed by atoms with Crippen LogP contribution in [0.5, 0.6) is 0 Å². The van der Waals surface area contributed by atoms with E-state index < -0.39 is 0 Å². The summed E-state index contributed by atoms with van der Waals surface area (Å²) in [6.07, 6.45) is 8.25. The maximum absolute atomic E-state index is 4.06. The first-order chi connectivity index (χ1) is 7.47. The Labute approximate surface area is 87.0 Å². The molecule has 0 saturated carbocycles. The number of aromatic amines is 1. The van der Waals surface area contributed by atoms with Gasteiger partial charge in [-0.2, -0.15) is 0 Å². The smallest absolute Gasteiger partial charge is 0.0931 e. The van der Waals surface area contributed by atoms with Crippen molar-refractivity contribution in [3.8, 4) is 0 Å².